The van der Waals surface area contributed by atoms with Gasteiger partial charge in [-0.25, -0.2) is 0 Å². The van der Waals surface area contributed by atoms with E-state index in [1.807, 2.05) is 12.1 Å². The van der Waals surface area contributed by atoms with E-state index in [1.165, 1.54) is 11.1 Å². The second-order valence-corrected chi connectivity index (χ2v) is 4.07. The maximum Gasteiger partial charge on any atom is 0.122 e. The summed E-state index contributed by atoms with van der Waals surface area (Å²) in [6.45, 7) is 0. The summed E-state index contributed by atoms with van der Waals surface area (Å²) in [4.78, 5) is 0. The lowest BCUT2D eigenvalue weighted by Gasteiger charge is -2.24. The number of rotatable bonds is 2. The van der Waals surface area contributed by atoms with Gasteiger partial charge in [-0.15, -0.1) is 0 Å². The van der Waals surface area contributed by atoms with Crippen LogP contribution in [0.3, 0.4) is 0 Å². The van der Waals surface area contributed by atoms with Crippen molar-refractivity contribution in [3.05, 3.63) is 29.3 Å². The molecular formula is C13H15NO. The quantitative estimate of drug-likeness (QED) is 0.737. The van der Waals surface area contributed by atoms with Crippen molar-refractivity contribution >= 4 is 0 Å². The van der Waals surface area contributed by atoms with Crippen molar-refractivity contribution in [1.29, 1.82) is 5.26 Å². The summed E-state index contributed by atoms with van der Waals surface area (Å²) >= 11 is 0. The lowest BCUT2D eigenvalue weighted by atomic mass is 9.82. The third-order valence-corrected chi connectivity index (χ3v) is 3.14. The van der Waals surface area contributed by atoms with E-state index in [4.69, 9.17) is 10.00 Å². The first-order valence-corrected chi connectivity index (χ1v) is 5.37. The smallest absolute Gasteiger partial charge is 0.122 e. The Kier molecular flexibility index (Phi) is 2.91. The average Bonchev–Trinajstić information content (AvgIpc) is 2.28. The molecule has 1 aliphatic rings. The van der Waals surface area contributed by atoms with Gasteiger partial charge >= 0.3 is 0 Å². The molecule has 1 aromatic carbocycles. The van der Waals surface area contributed by atoms with Crippen molar-refractivity contribution in [2.45, 2.75) is 25.7 Å². The molecule has 2 nitrogen and oxygen atoms in total. The van der Waals surface area contributed by atoms with Crippen LogP contribution < -0.4 is 4.74 Å². The van der Waals surface area contributed by atoms with E-state index in [0.29, 0.717) is 12.3 Å². The van der Waals surface area contributed by atoms with Crippen LogP contribution in [0, 0.1) is 17.2 Å². The molecule has 1 unspecified atom stereocenters. The summed E-state index contributed by atoms with van der Waals surface area (Å²) in [6.07, 6.45) is 3.86. The molecule has 0 N–H and O–H groups in total. The van der Waals surface area contributed by atoms with Gasteiger partial charge in [-0.3, -0.25) is 0 Å². The topological polar surface area (TPSA) is 33.0 Å². The first kappa shape index (κ1) is 10.0. The predicted octanol–water partition coefficient (Wildman–Crippen LogP) is 2.71. The fourth-order valence-electron chi connectivity index (χ4n) is 2.34. The SMILES string of the molecule is COc1cccc2c1CCC(CC#N)C2. The second-order valence-electron chi connectivity index (χ2n) is 4.07. The van der Waals surface area contributed by atoms with E-state index in [2.05, 4.69) is 12.1 Å². The fraction of sp³-hybridized carbons (Fsp3) is 0.462. The number of fused-ring (bicyclic) bond motifs is 1. The molecule has 0 spiro atoms. The monoisotopic (exact) mass is 201 g/mol. The Labute approximate surface area is 90.5 Å². The molecule has 1 aromatic rings. The van der Waals surface area contributed by atoms with Crippen molar-refractivity contribution in [2.75, 3.05) is 7.11 Å². The summed E-state index contributed by atoms with van der Waals surface area (Å²) in [6, 6.07) is 8.47. The minimum Gasteiger partial charge on any atom is -0.496 e. The maximum absolute atomic E-state index is 8.69. The van der Waals surface area contributed by atoms with Crippen LogP contribution in [0.15, 0.2) is 18.2 Å². The molecule has 15 heavy (non-hydrogen) atoms. The van der Waals surface area contributed by atoms with Gasteiger partial charge in [-0.05, 0) is 42.4 Å². The molecule has 0 aromatic heterocycles. The molecule has 2 rings (SSSR count). The van der Waals surface area contributed by atoms with Crippen molar-refractivity contribution in [3.8, 4) is 11.8 Å². The Morgan fingerprint density at radius 1 is 1.53 bits per heavy atom. The molecule has 2 heteroatoms. The number of benzene rings is 1. The van der Waals surface area contributed by atoms with Crippen molar-refractivity contribution in [1.82, 2.24) is 0 Å². The van der Waals surface area contributed by atoms with Gasteiger partial charge in [0.05, 0.1) is 13.2 Å². The van der Waals surface area contributed by atoms with Gasteiger partial charge in [-0.2, -0.15) is 5.26 Å². The molecule has 0 amide bonds. The van der Waals surface area contributed by atoms with E-state index >= 15 is 0 Å². The van der Waals surface area contributed by atoms with E-state index in [1.54, 1.807) is 7.11 Å². The zero-order chi connectivity index (χ0) is 10.7. The highest BCUT2D eigenvalue weighted by molar-refractivity contribution is 5.42. The largest absolute Gasteiger partial charge is 0.496 e. The van der Waals surface area contributed by atoms with Crippen LogP contribution in [-0.2, 0) is 12.8 Å². The van der Waals surface area contributed by atoms with Gasteiger partial charge in [0.1, 0.15) is 5.75 Å². The maximum atomic E-state index is 8.69. The zero-order valence-electron chi connectivity index (χ0n) is 8.99. The van der Waals surface area contributed by atoms with Crippen LogP contribution in [-0.4, -0.2) is 7.11 Å². The highest BCUT2D eigenvalue weighted by atomic mass is 16.5. The van der Waals surface area contributed by atoms with Crippen molar-refractivity contribution in [3.63, 3.8) is 0 Å². The number of hydrogen-bond acceptors (Lipinski definition) is 2. The zero-order valence-corrected chi connectivity index (χ0v) is 8.99. The third-order valence-electron chi connectivity index (χ3n) is 3.14. The highest BCUT2D eigenvalue weighted by Crippen LogP contribution is 2.32. The molecule has 0 aliphatic heterocycles. The Hall–Kier alpha value is -1.49. The Balaban J connectivity index is 2.24. The standard InChI is InChI=1S/C13H15NO/c1-15-13-4-2-3-11-9-10(7-8-14)5-6-12(11)13/h2-4,10H,5-7,9H2,1H3. The van der Waals surface area contributed by atoms with Crippen LogP contribution in [0.4, 0.5) is 0 Å². The Morgan fingerprint density at radius 2 is 2.40 bits per heavy atom. The fourth-order valence-corrected chi connectivity index (χ4v) is 2.34. The van der Waals surface area contributed by atoms with Gasteiger partial charge in [0.15, 0.2) is 0 Å². The van der Waals surface area contributed by atoms with E-state index < -0.39 is 0 Å². The normalized spacial score (nSPS) is 19.1. The number of nitriles is 1. The average molecular weight is 201 g/mol. The first-order chi connectivity index (χ1) is 7.35. The highest BCUT2D eigenvalue weighted by Gasteiger charge is 2.20. The summed E-state index contributed by atoms with van der Waals surface area (Å²) in [7, 11) is 1.72. The summed E-state index contributed by atoms with van der Waals surface area (Å²) in [5.41, 5.74) is 2.70. The first-order valence-electron chi connectivity index (χ1n) is 5.37. The molecule has 78 valence electrons. The van der Waals surface area contributed by atoms with Gasteiger partial charge in [-0.1, -0.05) is 12.1 Å². The lowest BCUT2D eigenvalue weighted by Crippen LogP contribution is -2.14. The number of ether oxygens (including phenoxy) is 1. The van der Waals surface area contributed by atoms with E-state index in [0.717, 1.165) is 25.0 Å². The molecular weight excluding hydrogens is 186 g/mol. The van der Waals surface area contributed by atoms with Gasteiger partial charge in [0, 0.05) is 6.42 Å². The van der Waals surface area contributed by atoms with Crippen molar-refractivity contribution < 1.29 is 4.74 Å². The Morgan fingerprint density at radius 3 is 3.13 bits per heavy atom. The second kappa shape index (κ2) is 4.35. The van der Waals surface area contributed by atoms with Crippen LogP contribution in [0.5, 0.6) is 5.75 Å². The number of hydrogen-bond donors (Lipinski definition) is 0. The molecule has 0 bridgehead atoms. The van der Waals surface area contributed by atoms with Gasteiger partial charge in [0.2, 0.25) is 0 Å². The summed E-state index contributed by atoms with van der Waals surface area (Å²) < 4.78 is 5.34. The molecule has 0 fully saturated rings. The molecule has 0 saturated heterocycles. The molecule has 0 saturated carbocycles. The van der Waals surface area contributed by atoms with Crippen LogP contribution >= 0.6 is 0 Å². The number of nitrogens with zero attached hydrogens (tertiary/aromatic N) is 1. The molecule has 1 atom stereocenters. The summed E-state index contributed by atoms with van der Waals surface area (Å²) in [5, 5.41) is 8.69. The van der Waals surface area contributed by atoms with E-state index in [-0.39, 0.29) is 0 Å². The molecule has 0 radical (unpaired) electrons. The predicted molar refractivity (Wildman–Crippen MR) is 58.7 cm³/mol. The summed E-state index contributed by atoms with van der Waals surface area (Å²) in [5.74, 6) is 1.54. The van der Waals surface area contributed by atoms with Crippen LogP contribution in [0.1, 0.15) is 24.0 Å². The van der Waals surface area contributed by atoms with E-state index in [9.17, 15) is 0 Å². The van der Waals surface area contributed by atoms with Gasteiger partial charge < -0.3 is 4.74 Å². The third kappa shape index (κ3) is 1.97. The minimum atomic E-state index is 0.537. The molecule has 1 aliphatic carbocycles. The van der Waals surface area contributed by atoms with Gasteiger partial charge in [0.25, 0.3) is 0 Å². The number of methoxy groups -OCH3 is 1. The van der Waals surface area contributed by atoms with Crippen molar-refractivity contribution in [2.24, 2.45) is 5.92 Å². The minimum absolute atomic E-state index is 0.537. The molecule has 0 heterocycles. The van der Waals surface area contributed by atoms with Crippen LogP contribution in [0.2, 0.25) is 0 Å². The lowest BCUT2D eigenvalue weighted by molar-refractivity contribution is 0.396. The Bertz CT molecular complexity index is 392. The van der Waals surface area contributed by atoms with Crippen LogP contribution in [0.25, 0.3) is 0 Å².